The summed E-state index contributed by atoms with van der Waals surface area (Å²) in [5.74, 6) is -1.42. The van der Waals surface area contributed by atoms with Gasteiger partial charge in [0.25, 0.3) is 11.6 Å². The van der Waals surface area contributed by atoms with E-state index < -0.39 is 38.9 Å². The molecule has 0 bridgehead atoms. The summed E-state index contributed by atoms with van der Waals surface area (Å²) in [6.07, 6.45) is -2.06. The number of ether oxygens (including phenoxy) is 2. The molecule has 1 amide bonds. The Morgan fingerprint density at radius 3 is 2.41 bits per heavy atom. The number of methoxy groups -OCH3 is 1. The molecule has 1 N–H and O–H groups in total. The predicted octanol–water partition coefficient (Wildman–Crippen LogP) is 6.60. The molecule has 3 aromatic rings. The maximum absolute atomic E-state index is 13.1. The van der Waals surface area contributed by atoms with Crippen LogP contribution in [0.2, 0.25) is 0 Å². The van der Waals surface area contributed by atoms with E-state index in [2.05, 4.69) is 11.9 Å². The summed E-state index contributed by atoms with van der Waals surface area (Å²) in [5.41, 5.74) is -2.15. The number of non-ortho nitro benzene ring substituents is 1. The fourth-order valence-corrected chi connectivity index (χ4v) is 3.59. The van der Waals surface area contributed by atoms with Gasteiger partial charge in [0.2, 0.25) is 5.75 Å². The van der Waals surface area contributed by atoms with Crippen molar-refractivity contribution in [2.75, 3.05) is 12.4 Å². The number of hydrogen-bond acceptors (Lipinski definition) is 8. The van der Waals surface area contributed by atoms with E-state index in [-0.39, 0.29) is 40.4 Å². The number of nitro groups is 2. The Labute approximate surface area is 230 Å². The summed E-state index contributed by atoms with van der Waals surface area (Å²) >= 11 is 0. The second-order valence-corrected chi connectivity index (χ2v) is 8.18. The summed E-state index contributed by atoms with van der Waals surface area (Å²) in [6.45, 7) is 3.64. The lowest BCUT2D eigenvalue weighted by Crippen LogP contribution is -2.13. The van der Waals surface area contributed by atoms with Crippen molar-refractivity contribution in [1.29, 1.82) is 5.26 Å². The Kier molecular flexibility index (Phi) is 9.05. The molecule has 0 atom stereocenters. The van der Waals surface area contributed by atoms with Crippen LogP contribution in [-0.2, 0) is 17.4 Å². The zero-order chi connectivity index (χ0) is 30.3. The number of nitriles is 1. The van der Waals surface area contributed by atoms with Gasteiger partial charge < -0.3 is 14.8 Å². The highest BCUT2D eigenvalue weighted by Crippen LogP contribution is 2.42. The van der Waals surface area contributed by atoms with Crippen LogP contribution in [-0.4, -0.2) is 22.9 Å². The Balaban J connectivity index is 2.02. The molecular weight excluding hydrogens is 549 g/mol. The van der Waals surface area contributed by atoms with Gasteiger partial charge in [0.1, 0.15) is 11.6 Å². The minimum atomic E-state index is -4.82. The van der Waals surface area contributed by atoms with Gasteiger partial charge in [-0.25, -0.2) is 0 Å². The van der Waals surface area contributed by atoms with Crippen molar-refractivity contribution in [1.82, 2.24) is 0 Å². The number of carbonyl (C=O) groups is 1. The zero-order valence-corrected chi connectivity index (χ0v) is 21.1. The van der Waals surface area contributed by atoms with Crippen LogP contribution in [0.3, 0.4) is 0 Å². The molecule has 0 heterocycles. The Morgan fingerprint density at radius 1 is 1.10 bits per heavy atom. The molecule has 0 aliphatic rings. The van der Waals surface area contributed by atoms with E-state index in [0.29, 0.717) is 17.7 Å². The van der Waals surface area contributed by atoms with E-state index in [1.54, 1.807) is 6.07 Å². The summed E-state index contributed by atoms with van der Waals surface area (Å²) in [6, 6.07) is 11.5. The molecule has 210 valence electrons. The molecule has 0 aromatic heterocycles. The average molecular weight is 568 g/mol. The number of hydrogen-bond donors (Lipinski definition) is 1. The standard InChI is InChI=1S/C27H19F3N4O7/c1-3-5-17-10-16(11-18(15-31)26(35)32-20-6-4-7-21(14-20)33(36)37)12-24(40-2)25(17)41-23-9-8-19(27(28,29)30)13-22(23)34(38)39/h3-4,6-14H,1,5H2,2H3,(H,32,35)/b18-11+. The van der Waals surface area contributed by atoms with E-state index in [1.807, 2.05) is 0 Å². The van der Waals surface area contributed by atoms with Gasteiger partial charge in [-0.1, -0.05) is 12.1 Å². The molecule has 0 saturated heterocycles. The monoisotopic (exact) mass is 568 g/mol. The van der Waals surface area contributed by atoms with Crippen molar-refractivity contribution in [3.63, 3.8) is 0 Å². The fraction of sp³-hybridized carbons (Fsp3) is 0.111. The molecule has 3 rings (SSSR count). The van der Waals surface area contributed by atoms with Crippen molar-refractivity contribution in [3.8, 4) is 23.3 Å². The molecule has 41 heavy (non-hydrogen) atoms. The fourth-order valence-electron chi connectivity index (χ4n) is 3.59. The van der Waals surface area contributed by atoms with E-state index in [9.17, 15) is 43.5 Å². The Bertz CT molecular complexity index is 1610. The molecule has 0 aliphatic carbocycles. The SMILES string of the molecule is C=CCc1cc(/C=C(\C#N)C(=O)Nc2cccc([N+](=O)[O-])c2)cc(OC)c1Oc1ccc(C(F)(F)F)cc1[N+](=O)[O-]. The van der Waals surface area contributed by atoms with E-state index in [0.717, 1.165) is 12.1 Å². The van der Waals surface area contributed by atoms with Crippen LogP contribution in [0.15, 0.2) is 72.8 Å². The van der Waals surface area contributed by atoms with E-state index >= 15 is 0 Å². The second-order valence-electron chi connectivity index (χ2n) is 8.18. The van der Waals surface area contributed by atoms with E-state index in [1.165, 1.54) is 49.6 Å². The minimum Gasteiger partial charge on any atom is -0.493 e. The average Bonchev–Trinajstić information content (AvgIpc) is 2.92. The number of nitro benzene ring substituents is 2. The van der Waals surface area contributed by atoms with Crippen molar-refractivity contribution in [3.05, 3.63) is 110 Å². The number of allylic oxidation sites excluding steroid dienone is 1. The Hall–Kier alpha value is -5.71. The molecule has 0 saturated carbocycles. The topological polar surface area (TPSA) is 158 Å². The van der Waals surface area contributed by atoms with Crippen LogP contribution in [0.25, 0.3) is 6.08 Å². The number of nitrogens with one attached hydrogen (secondary N) is 1. The lowest BCUT2D eigenvalue weighted by molar-refractivity contribution is -0.385. The summed E-state index contributed by atoms with van der Waals surface area (Å²) in [7, 11) is 1.24. The quantitative estimate of drug-likeness (QED) is 0.0942. The number of rotatable bonds is 10. The molecular formula is C27H19F3N4O7. The van der Waals surface area contributed by atoms with Crippen LogP contribution >= 0.6 is 0 Å². The number of benzene rings is 3. The van der Waals surface area contributed by atoms with Crippen molar-refractivity contribution >= 4 is 29.0 Å². The molecule has 0 aliphatic heterocycles. The first-order valence-corrected chi connectivity index (χ1v) is 11.4. The summed E-state index contributed by atoms with van der Waals surface area (Å²) in [5, 5.41) is 34.5. The molecule has 0 unspecified atom stereocenters. The van der Waals surface area contributed by atoms with Crippen LogP contribution in [0, 0.1) is 31.6 Å². The van der Waals surface area contributed by atoms with Crippen LogP contribution in [0.5, 0.6) is 17.2 Å². The first-order chi connectivity index (χ1) is 19.4. The van der Waals surface area contributed by atoms with Gasteiger partial charge in [0.05, 0.1) is 22.5 Å². The number of anilines is 1. The molecule has 0 fully saturated rings. The first kappa shape index (κ1) is 29.8. The van der Waals surface area contributed by atoms with Gasteiger partial charge in [-0.05, 0) is 48.4 Å². The first-order valence-electron chi connectivity index (χ1n) is 11.4. The van der Waals surface area contributed by atoms with Gasteiger partial charge in [0.15, 0.2) is 11.5 Å². The third-order valence-electron chi connectivity index (χ3n) is 5.42. The third kappa shape index (κ3) is 7.24. The summed E-state index contributed by atoms with van der Waals surface area (Å²) < 4.78 is 50.3. The normalized spacial score (nSPS) is 11.2. The predicted molar refractivity (Wildman–Crippen MR) is 140 cm³/mol. The number of carbonyl (C=O) groups excluding carboxylic acids is 1. The summed E-state index contributed by atoms with van der Waals surface area (Å²) in [4.78, 5) is 33.6. The van der Waals surface area contributed by atoms with Crippen LogP contribution in [0.1, 0.15) is 16.7 Å². The molecule has 11 nitrogen and oxygen atoms in total. The van der Waals surface area contributed by atoms with Gasteiger partial charge in [0, 0.05) is 29.4 Å². The highest BCUT2D eigenvalue weighted by Gasteiger charge is 2.33. The zero-order valence-electron chi connectivity index (χ0n) is 21.1. The van der Waals surface area contributed by atoms with Gasteiger partial charge in [-0.2, -0.15) is 18.4 Å². The minimum absolute atomic E-state index is 0.0128. The Morgan fingerprint density at radius 2 is 1.83 bits per heavy atom. The second kappa shape index (κ2) is 12.4. The molecule has 0 spiro atoms. The van der Waals surface area contributed by atoms with Crippen molar-refractivity contribution in [2.45, 2.75) is 12.6 Å². The third-order valence-corrected chi connectivity index (χ3v) is 5.42. The van der Waals surface area contributed by atoms with Crippen molar-refractivity contribution < 1.29 is 37.3 Å². The van der Waals surface area contributed by atoms with Crippen molar-refractivity contribution in [2.24, 2.45) is 0 Å². The lowest BCUT2D eigenvalue weighted by Gasteiger charge is -2.16. The number of halogens is 3. The van der Waals surface area contributed by atoms with Gasteiger partial charge >= 0.3 is 11.9 Å². The van der Waals surface area contributed by atoms with Gasteiger partial charge in [-0.15, -0.1) is 6.58 Å². The van der Waals surface area contributed by atoms with Crippen LogP contribution < -0.4 is 14.8 Å². The number of amides is 1. The molecule has 3 aromatic carbocycles. The van der Waals surface area contributed by atoms with Gasteiger partial charge in [-0.3, -0.25) is 25.0 Å². The highest BCUT2D eigenvalue weighted by atomic mass is 19.4. The maximum Gasteiger partial charge on any atom is 0.416 e. The van der Waals surface area contributed by atoms with E-state index in [4.69, 9.17) is 9.47 Å². The number of alkyl halides is 3. The molecule has 0 radical (unpaired) electrons. The van der Waals surface area contributed by atoms with Crippen LogP contribution in [0.4, 0.5) is 30.2 Å². The maximum atomic E-state index is 13.1. The number of nitrogens with zero attached hydrogens (tertiary/aromatic N) is 3. The smallest absolute Gasteiger partial charge is 0.416 e. The lowest BCUT2D eigenvalue weighted by atomic mass is 10.0. The largest absolute Gasteiger partial charge is 0.493 e. The molecule has 14 heteroatoms. The highest BCUT2D eigenvalue weighted by molar-refractivity contribution is 6.09.